The minimum atomic E-state index is 0.779. The Morgan fingerprint density at radius 3 is 2.75 bits per heavy atom. The summed E-state index contributed by atoms with van der Waals surface area (Å²) in [5.41, 5.74) is 1.70. The van der Waals surface area contributed by atoms with Crippen molar-refractivity contribution in [2.45, 2.75) is 0 Å². The van der Waals surface area contributed by atoms with E-state index in [9.17, 15) is 0 Å². The predicted octanol–water partition coefficient (Wildman–Crippen LogP) is 3.49. The van der Waals surface area contributed by atoms with E-state index in [1.807, 2.05) is 36.4 Å². The van der Waals surface area contributed by atoms with E-state index in [1.165, 1.54) is 0 Å². The molecule has 0 aliphatic rings. The van der Waals surface area contributed by atoms with Crippen LogP contribution in [0.2, 0.25) is 0 Å². The molecule has 3 rings (SSSR count). The summed E-state index contributed by atoms with van der Waals surface area (Å²) in [4.78, 5) is 8.25. The van der Waals surface area contributed by atoms with Gasteiger partial charge in [-0.2, -0.15) is 0 Å². The third-order valence-corrected chi connectivity index (χ3v) is 2.90. The van der Waals surface area contributed by atoms with Crippen molar-refractivity contribution in [1.29, 1.82) is 0 Å². The molecule has 2 heterocycles. The zero-order valence-electron chi connectivity index (χ0n) is 8.22. The van der Waals surface area contributed by atoms with Crippen LogP contribution in [-0.2, 0) is 0 Å². The minimum absolute atomic E-state index is 0.779. The van der Waals surface area contributed by atoms with Crippen molar-refractivity contribution in [2.75, 3.05) is 0 Å². The maximum Gasteiger partial charge on any atom is 0.153 e. The Hall–Kier alpha value is -1.43. The van der Waals surface area contributed by atoms with E-state index in [0.717, 1.165) is 26.1 Å². The highest BCUT2D eigenvalue weighted by Gasteiger charge is 2.07. The normalized spacial score (nSPS) is 10.8. The quantitative estimate of drug-likeness (QED) is 0.508. The van der Waals surface area contributed by atoms with Crippen LogP contribution in [-0.4, -0.2) is 9.97 Å². The van der Waals surface area contributed by atoms with Crippen molar-refractivity contribution in [1.82, 2.24) is 9.97 Å². The molecule has 3 aromatic rings. The number of aromatic nitrogens is 2. The topological polar surface area (TPSA) is 38.9 Å². The van der Waals surface area contributed by atoms with Gasteiger partial charge in [-0.1, -0.05) is 18.2 Å². The largest absolute Gasteiger partial charge is 0.454 e. The van der Waals surface area contributed by atoms with Gasteiger partial charge in [-0.3, -0.25) is 0 Å². The Bertz CT molecular complexity index is 615. The first-order valence-electron chi connectivity index (χ1n) is 4.79. The van der Waals surface area contributed by atoms with Crippen LogP contribution in [0.15, 0.2) is 47.1 Å². The van der Waals surface area contributed by atoms with Gasteiger partial charge in [0.25, 0.3) is 0 Å². The van der Waals surface area contributed by atoms with Crippen LogP contribution in [0, 0.1) is 3.70 Å². The lowest BCUT2D eigenvalue weighted by Crippen LogP contribution is -1.85. The number of hydrogen-bond donors (Lipinski definition) is 0. The van der Waals surface area contributed by atoms with E-state index in [1.54, 1.807) is 6.33 Å². The highest BCUT2D eigenvalue weighted by Crippen LogP contribution is 2.26. The lowest BCUT2D eigenvalue weighted by Gasteiger charge is -1.94. The van der Waals surface area contributed by atoms with Crippen molar-refractivity contribution in [3.05, 3.63) is 46.4 Å². The summed E-state index contributed by atoms with van der Waals surface area (Å²) in [5, 5.41) is 1.09. The van der Waals surface area contributed by atoms with Gasteiger partial charge in [-0.15, -0.1) is 0 Å². The Balaban J connectivity index is 2.19. The fourth-order valence-electron chi connectivity index (χ4n) is 1.58. The summed E-state index contributed by atoms with van der Waals surface area (Å²) in [5.74, 6) is 0.779. The van der Waals surface area contributed by atoms with E-state index in [2.05, 4.69) is 32.6 Å². The molecule has 0 bridgehead atoms. The zero-order chi connectivity index (χ0) is 11.0. The molecule has 0 saturated carbocycles. The molecular weight excluding hydrogens is 315 g/mol. The number of nitrogens with zero attached hydrogens (tertiary/aromatic N) is 2. The summed E-state index contributed by atoms with van der Waals surface area (Å²) in [7, 11) is 0. The van der Waals surface area contributed by atoms with E-state index in [4.69, 9.17) is 4.42 Å². The van der Waals surface area contributed by atoms with Gasteiger partial charge < -0.3 is 4.42 Å². The van der Waals surface area contributed by atoms with Crippen molar-refractivity contribution in [3.8, 4) is 11.5 Å². The molecule has 1 aromatic carbocycles. The standard InChI is InChI=1S/C12H7IN2O/c13-12-6-9(14-7-15-12)11-5-8-3-1-2-4-10(8)16-11/h1-7H. The molecule has 4 heteroatoms. The summed E-state index contributed by atoms with van der Waals surface area (Å²) in [6.07, 6.45) is 1.55. The van der Waals surface area contributed by atoms with Crippen LogP contribution in [0.1, 0.15) is 0 Å². The first-order chi connectivity index (χ1) is 7.83. The fraction of sp³-hybridized carbons (Fsp3) is 0. The molecule has 16 heavy (non-hydrogen) atoms. The number of hydrogen-bond acceptors (Lipinski definition) is 3. The molecule has 0 saturated heterocycles. The second kappa shape index (κ2) is 3.86. The Labute approximate surface area is 106 Å². The van der Waals surface area contributed by atoms with Crippen LogP contribution < -0.4 is 0 Å². The molecule has 0 spiro atoms. The van der Waals surface area contributed by atoms with Crippen LogP contribution in [0.4, 0.5) is 0 Å². The molecule has 0 fully saturated rings. The third-order valence-electron chi connectivity index (χ3n) is 2.31. The Morgan fingerprint density at radius 2 is 1.94 bits per heavy atom. The lowest BCUT2D eigenvalue weighted by atomic mass is 10.2. The van der Waals surface area contributed by atoms with Crippen LogP contribution >= 0.6 is 22.6 Å². The molecule has 0 amide bonds. The second-order valence-corrected chi connectivity index (χ2v) is 4.48. The molecule has 0 aliphatic heterocycles. The number of para-hydroxylation sites is 1. The smallest absolute Gasteiger partial charge is 0.153 e. The second-order valence-electron chi connectivity index (χ2n) is 3.37. The van der Waals surface area contributed by atoms with Gasteiger partial charge in [0.2, 0.25) is 0 Å². The molecule has 0 N–H and O–H groups in total. The Morgan fingerprint density at radius 1 is 1.06 bits per heavy atom. The van der Waals surface area contributed by atoms with Crippen molar-refractivity contribution < 1.29 is 4.42 Å². The van der Waals surface area contributed by atoms with Gasteiger partial charge in [0.15, 0.2) is 5.76 Å². The zero-order valence-corrected chi connectivity index (χ0v) is 10.4. The Kier molecular flexibility index (Phi) is 2.36. The maximum atomic E-state index is 5.72. The van der Waals surface area contributed by atoms with Gasteiger partial charge in [0.1, 0.15) is 21.3 Å². The van der Waals surface area contributed by atoms with Crippen LogP contribution in [0.3, 0.4) is 0 Å². The number of furan rings is 1. The average molecular weight is 322 g/mol. The molecule has 3 nitrogen and oxygen atoms in total. The van der Waals surface area contributed by atoms with Gasteiger partial charge in [-0.25, -0.2) is 9.97 Å². The molecule has 0 radical (unpaired) electrons. The predicted molar refractivity (Wildman–Crippen MR) is 70.0 cm³/mol. The maximum absolute atomic E-state index is 5.72. The summed E-state index contributed by atoms with van der Waals surface area (Å²) >= 11 is 2.16. The van der Waals surface area contributed by atoms with Crippen molar-refractivity contribution in [3.63, 3.8) is 0 Å². The molecule has 2 aromatic heterocycles. The number of rotatable bonds is 1. The number of halogens is 1. The van der Waals surface area contributed by atoms with Crippen LogP contribution in [0.25, 0.3) is 22.4 Å². The molecule has 78 valence electrons. The van der Waals surface area contributed by atoms with Gasteiger partial charge in [-0.05, 0) is 40.8 Å². The average Bonchev–Trinajstić information content (AvgIpc) is 2.72. The minimum Gasteiger partial charge on any atom is -0.454 e. The molecular formula is C12H7IN2O. The summed E-state index contributed by atoms with van der Waals surface area (Å²) < 4.78 is 6.62. The highest BCUT2D eigenvalue weighted by molar-refractivity contribution is 14.1. The molecule has 0 atom stereocenters. The van der Waals surface area contributed by atoms with E-state index in [-0.39, 0.29) is 0 Å². The van der Waals surface area contributed by atoms with E-state index < -0.39 is 0 Å². The number of fused-ring (bicyclic) bond motifs is 1. The van der Waals surface area contributed by atoms with Crippen molar-refractivity contribution >= 4 is 33.6 Å². The van der Waals surface area contributed by atoms with E-state index >= 15 is 0 Å². The molecule has 0 aliphatic carbocycles. The number of benzene rings is 1. The SMILES string of the molecule is Ic1cc(-c2cc3ccccc3o2)ncn1. The first-order valence-corrected chi connectivity index (χ1v) is 5.87. The van der Waals surface area contributed by atoms with Gasteiger partial charge >= 0.3 is 0 Å². The monoisotopic (exact) mass is 322 g/mol. The van der Waals surface area contributed by atoms with E-state index in [0.29, 0.717) is 0 Å². The summed E-state index contributed by atoms with van der Waals surface area (Å²) in [6, 6.07) is 11.8. The van der Waals surface area contributed by atoms with Gasteiger partial charge in [0.05, 0.1) is 0 Å². The fourth-order valence-corrected chi connectivity index (χ4v) is 2.00. The lowest BCUT2D eigenvalue weighted by molar-refractivity contribution is 0.628. The third kappa shape index (κ3) is 1.69. The van der Waals surface area contributed by atoms with Gasteiger partial charge in [0, 0.05) is 5.39 Å². The molecule has 0 unspecified atom stereocenters. The van der Waals surface area contributed by atoms with Crippen LogP contribution in [0.5, 0.6) is 0 Å². The summed E-state index contributed by atoms with van der Waals surface area (Å²) in [6.45, 7) is 0. The first kappa shape index (κ1) is 9.77. The highest BCUT2D eigenvalue weighted by atomic mass is 127. The van der Waals surface area contributed by atoms with Crippen molar-refractivity contribution in [2.24, 2.45) is 0 Å².